The molecule has 1 aliphatic heterocycles. The molecule has 0 radical (unpaired) electrons. The third-order valence-corrected chi connectivity index (χ3v) is 6.72. The first kappa shape index (κ1) is 21.8. The lowest BCUT2D eigenvalue weighted by atomic mass is 9.79. The fourth-order valence-electron chi connectivity index (χ4n) is 5.08. The van der Waals surface area contributed by atoms with Gasteiger partial charge in [-0.05, 0) is 42.3 Å². The summed E-state index contributed by atoms with van der Waals surface area (Å²) in [6.45, 7) is 1.97. The highest BCUT2D eigenvalue weighted by molar-refractivity contribution is 6.05. The number of nitrogens with zero attached hydrogens (tertiary/aromatic N) is 2. The minimum absolute atomic E-state index is 0.0919. The molecule has 0 unspecified atom stereocenters. The maximum absolute atomic E-state index is 14.0. The number of benzene rings is 3. The standard InChI is InChI=1S/C28H27N3O3/c1-17-13-14-24(34-4)22(15-17)29-27(32)25-19-10-5-6-11-20(19)28(33)31(3)26(25)21-16-30(2)23-12-8-7-9-18(21)23/h5-16,25-26H,1-4H3,(H,29,32)/t25-,26+/m0/s1. The fraction of sp³-hybridized carbons (Fsp3) is 0.214. The third-order valence-electron chi connectivity index (χ3n) is 6.72. The summed E-state index contributed by atoms with van der Waals surface area (Å²) in [5, 5.41) is 4.12. The molecule has 0 spiro atoms. The van der Waals surface area contributed by atoms with Crippen LogP contribution in [0.15, 0.2) is 72.9 Å². The second-order valence-electron chi connectivity index (χ2n) is 8.83. The average Bonchev–Trinajstić information content (AvgIpc) is 3.17. The van der Waals surface area contributed by atoms with Crippen molar-refractivity contribution in [1.29, 1.82) is 0 Å². The van der Waals surface area contributed by atoms with Gasteiger partial charge in [0.1, 0.15) is 5.75 Å². The highest BCUT2D eigenvalue weighted by Crippen LogP contribution is 2.45. The second-order valence-corrected chi connectivity index (χ2v) is 8.83. The summed E-state index contributed by atoms with van der Waals surface area (Å²) < 4.78 is 7.53. The third kappa shape index (κ3) is 3.43. The SMILES string of the molecule is COc1ccc(C)cc1NC(=O)[C@H]1c2ccccc2C(=O)N(C)[C@@H]1c1cn(C)c2ccccc12. The molecule has 34 heavy (non-hydrogen) atoms. The first-order chi connectivity index (χ1) is 16.4. The summed E-state index contributed by atoms with van der Waals surface area (Å²) in [6.07, 6.45) is 2.03. The van der Waals surface area contributed by atoms with Gasteiger partial charge in [-0.1, -0.05) is 42.5 Å². The van der Waals surface area contributed by atoms with Gasteiger partial charge < -0.3 is 19.5 Å². The number of nitrogens with one attached hydrogen (secondary N) is 1. The van der Waals surface area contributed by atoms with Crippen molar-refractivity contribution in [3.63, 3.8) is 0 Å². The molecular formula is C28H27N3O3. The smallest absolute Gasteiger partial charge is 0.254 e. The van der Waals surface area contributed by atoms with E-state index in [2.05, 4.69) is 5.32 Å². The zero-order valence-electron chi connectivity index (χ0n) is 19.7. The molecule has 6 nitrogen and oxygen atoms in total. The number of rotatable bonds is 4. The average molecular weight is 454 g/mol. The molecule has 0 aliphatic carbocycles. The predicted octanol–water partition coefficient (Wildman–Crippen LogP) is 5.04. The zero-order valence-corrected chi connectivity index (χ0v) is 19.7. The summed E-state index contributed by atoms with van der Waals surface area (Å²) in [6, 6.07) is 20.7. The number of anilines is 1. The van der Waals surface area contributed by atoms with Crippen molar-refractivity contribution in [2.24, 2.45) is 7.05 Å². The van der Waals surface area contributed by atoms with Crippen LogP contribution in [-0.4, -0.2) is 35.4 Å². The lowest BCUT2D eigenvalue weighted by Crippen LogP contribution is -2.44. The van der Waals surface area contributed by atoms with E-state index >= 15 is 0 Å². The van der Waals surface area contributed by atoms with Crippen LogP contribution >= 0.6 is 0 Å². The molecule has 0 saturated heterocycles. The largest absolute Gasteiger partial charge is 0.495 e. The van der Waals surface area contributed by atoms with Crippen LogP contribution in [0.5, 0.6) is 5.75 Å². The van der Waals surface area contributed by atoms with Crippen LogP contribution in [0.25, 0.3) is 10.9 Å². The lowest BCUT2D eigenvalue weighted by Gasteiger charge is -2.39. The van der Waals surface area contributed by atoms with E-state index in [1.54, 1.807) is 25.1 Å². The number of amides is 2. The molecule has 172 valence electrons. The van der Waals surface area contributed by atoms with Crippen molar-refractivity contribution in [2.75, 3.05) is 19.5 Å². The van der Waals surface area contributed by atoms with E-state index in [0.29, 0.717) is 17.0 Å². The van der Waals surface area contributed by atoms with Crippen LogP contribution < -0.4 is 10.1 Å². The topological polar surface area (TPSA) is 63.6 Å². The lowest BCUT2D eigenvalue weighted by molar-refractivity contribution is -0.119. The van der Waals surface area contributed by atoms with E-state index in [1.165, 1.54) is 0 Å². The Kier molecular flexibility index (Phi) is 5.36. The first-order valence-corrected chi connectivity index (χ1v) is 11.3. The Labute approximate surface area is 198 Å². The zero-order chi connectivity index (χ0) is 24.0. The molecule has 6 heteroatoms. The summed E-state index contributed by atoms with van der Waals surface area (Å²) >= 11 is 0. The van der Waals surface area contributed by atoms with Crippen molar-refractivity contribution in [2.45, 2.75) is 18.9 Å². The van der Waals surface area contributed by atoms with Crippen molar-refractivity contribution in [3.8, 4) is 5.75 Å². The van der Waals surface area contributed by atoms with Crippen LogP contribution in [-0.2, 0) is 11.8 Å². The molecule has 2 heterocycles. The first-order valence-electron chi connectivity index (χ1n) is 11.3. The number of likely N-dealkylation sites (N-methyl/N-ethyl adjacent to an activating group) is 1. The Balaban J connectivity index is 1.68. The molecule has 4 aromatic rings. The van der Waals surface area contributed by atoms with Crippen LogP contribution in [0.3, 0.4) is 0 Å². The van der Waals surface area contributed by atoms with Crippen molar-refractivity contribution in [1.82, 2.24) is 9.47 Å². The van der Waals surface area contributed by atoms with E-state index in [9.17, 15) is 9.59 Å². The minimum Gasteiger partial charge on any atom is -0.495 e. The van der Waals surface area contributed by atoms with Crippen molar-refractivity contribution < 1.29 is 14.3 Å². The maximum Gasteiger partial charge on any atom is 0.254 e. The van der Waals surface area contributed by atoms with Gasteiger partial charge in [-0.25, -0.2) is 0 Å². The van der Waals surface area contributed by atoms with Gasteiger partial charge in [0, 0.05) is 42.3 Å². The fourth-order valence-corrected chi connectivity index (χ4v) is 5.08. The monoisotopic (exact) mass is 453 g/mol. The van der Waals surface area contributed by atoms with E-state index in [-0.39, 0.29) is 11.8 Å². The van der Waals surface area contributed by atoms with Crippen molar-refractivity contribution >= 4 is 28.4 Å². The Bertz CT molecular complexity index is 1420. The van der Waals surface area contributed by atoms with E-state index in [4.69, 9.17) is 4.74 Å². The van der Waals surface area contributed by atoms with Crippen LogP contribution in [0, 0.1) is 6.92 Å². The molecular weight excluding hydrogens is 426 g/mol. The number of aryl methyl sites for hydroxylation is 2. The Morgan fingerprint density at radius 2 is 1.71 bits per heavy atom. The number of carbonyl (C=O) groups is 2. The molecule has 3 aromatic carbocycles. The van der Waals surface area contributed by atoms with Gasteiger partial charge in [0.15, 0.2) is 0 Å². The summed E-state index contributed by atoms with van der Waals surface area (Å²) in [5.74, 6) is -0.288. The normalized spacial score (nSPS) is 17.5. The summed E-state index contributed by atoms with van der Waals surface area (Å²) in [4.78, 5) is 29.1. The molecule has 1 aromatic heterocycles. The highest BCUT2D eigenvalue weighted by atomic mass is 16.5. The molecule has 0 bridgehead atoms. The van der Waals surface area contributed by atoms with Gasteiger partial charge in [0.2, 0.25) is 5.91 Å². The number of hydrogen-bond donors (Lipinski definition) is 1. The Hall–Kier alpha value is -4.06. The second kappa shape index (κ2) is 8.37. The molecule has 5 rings (SSSR count). The Morgan fingerprint density at radius 1 is 0.971 bits per heavy atom. The molecule has 1 aliphatic rings. The van der Waals surface area contributed by atoms with Crippen LogP contribution in [0.2, 0.25) is 0 Å². The summed E-state index contributed by atoms with van der Waals surface area (Å²) in [7, 11) is 5.34. The number of carbonyl (C=O) groups excluding carboxylic acids is 2. The summed E-state index contributed by atoms with van der Waals surface area (Å²) in [5.41, 5.74) is 4.90. The number of methoxy groups -OCH3 is 1. The number of fused-ring (bicyclic) bond motifs is 2. The number of para-hydroxylation sites is 1. The highest BCUT2D eigenvalue weighted by Gasteiger charge is 2.43. The van der Waals surface area contributed by atoms with E-state index in [0.717, 1.165) is 27.6 Å². The van der Waals surface area contributed by atoms with Gasteiger partial charge in [-0.15, -0.1) is 0 Å². The maximum atomic E-state index is 14.0. The van der Waals surface area contributed by atoms with Crippen LogP contribution in [0.1, 0.15) is 39.0 Å². The minimum atomic E-state index is -0.602. The molecule has 1 N–H and O–H groups in total. The van der Waals surface area contributed by atoms with Gasteiger partial charge in [-0.3, -0.25) is 9.59 Å². The van der Waals surface area contributed by atoms with E-state index < -0.39 is 12.0 Å². The number of hydrogen-bond acceptors (Lipinski definition) is 3. The van der Waals surface area contributed by atoms with Gasteiger partial charge in [0.05, 0.1) is 24.8 Å². The number of aromatic nitrogens is 1. The van der Waals surface area contributed by atoms with Gasteiger partial charge >= 0.3 is 0 Å². The molecule has 0 saturated carbocycles. The Morgan fingerprint density at radius 3 is 2.50 bits per heavy atom. The van der Waals surface area contributed by atoms with Gasteiger partial charge in [-0.2, -0.15) is 0 Å². The van der Waals surface area contributed by atoms with Gasteiger partial charge in [0.25, 0.3) is 5.91 Å². The quantitative estimate of drug-likeness (QED) is 0.471. The van der Waals surface area contributed by atoms with Crippen molar-refractivity contribution in [3.05, 3.63) is 95.2 Å². The number of ether oxygens (including phenoxy) is 1. The molecule has 2 atom stereocenters. The molecule has 2 amide bonds. The van der Waals surface area contributed by atoms with E-state index in [1.807, 2.05) is 85.4 Å². The van der Waals surface area contributed by atoms with Crippen LogP contribution in [0.4, 0.5) is 5.69 Å². The molecule has 0 fully saturated rings. The predicted molar refractivity (Wildman–Crippen MR) is 133 cm³/mol.